The Kier molecular flexibility index (Phi) is 7.23. The van der Waals surface area contributed by atoms with Crippen molar-refractivity contribution in [2.45, 2.75) is 50.3 Å². The van der Waals surface area contributed by atoms with Crippen molar-refractivity contribution < 1.29 is 14.3 Å². The standard InChI is InChI=1S/C23H31N5O4.ClH/c1-26-20-12-15(8-11-32-17-13-27(14-17)16-6-9-24-10-7-16)2-3-18(20)28(23(26)31)19-4-5-21(29)25-22(19)30;/h2-3,12,16-17,19,24H,4-11,13-14H2,1H3,(H,25,29,30);1H. The van der Waals surface area contributed by atoms with Crippen molar-refractivity contribution in [2.24, 2.45) is 7.05 Å². The molecule has 0 aliphatic carbocycles. The lowest BCUT2D eigenvalue weighted by molar-refractivity contribution is -0.135. The van der Waals surface area contributed by atoms with Gasteiger partial charge in [-0.05, 0) is 56.5 Å². The number of rotatable bonds is 6. The zero-order chi connectivity index (χ0) is 22.2. The predicted molar refractivity (Wildman–Crippen MR) is 127 cm³/mol. The van der Waals surface area contributed by atoms with Crippen molar-refractivity contribution in [3.05, 3.63) is 34.2 Å². The van der Waals surface area contributed by atoms with Gasteiger partial charge in [0.25, 0.3) is 0 Å². The third-order valence-electron chi connectivity index (χ3n) is 7.12. The Bertz CT molecular complexity index is 1080. The minimum Gasteiger partial charge on any atom is -0.375 e. The number of carbonyl (C=O) groups is 2. The first-order valence-electron chi connectivity index (χ1n) is 11.6. The van der Waals surface area contributed by atoms with Crippen LogP contribution in [-0.4, -0.2) is 70.8 Å². The molecule has 5 rings (SSSR count). The Balaban J connectivity index is 0.00000259. The van der Waals surface area contributed by atoms with E-state index in [1.807, 2.05) is 18.2 Å². The molecule has 1 atom stereocenters. The summed E-state index contributed by atoms with van der Waals surface area (Å²) in [5, 5.41) is 5.76. The normalized spacial score (nSPS) is 22.8. The summed E-state index contributed by atoms with van der Waals surface area (Å²) in [5.41, 5.74) is 2.37. The van der Waals surface area contributed by atoms with Gasteiger partial charge in [-0.25, -0.2) is 4.79 Å². The van der Waals surface area contributed by atoms with Crippen LogP contribution in [-0.2, 0) is 27.8 Å². The number of piperidine rings is 2. The lowest BCUT2D eigenvalue weighted by Crippen LogP contribution is -2.58. The van der Waals surface area contributed by atoms with Gasteiger partial charge in [0.1, 0.15) is 6.04 Å². The highest BCUT2D eigenvalue weighted by Crippen LogP contribution is 2.24. The molecule has 4 heterocycles. The van der Waals surface area contributed by atoms with Crippen molar-refractivity contribution in [3.63, 3.8) is 0 Å². The second-order valence-corrected chi connectivity index (χ2v) is 9.18. The molecule has 180 valence electrons. The van der Waals surface area contributed by atoms with E-state index < -0.39 is 11.9 Å². The lowest BCUT2D eigenvalue weighted by Gasteiger charge is -2.45. The fourth-order valence-electron chi connectivity index (χ4n) is 5.18. The monoisotopic (exact) mass is 477 g/mol. The van der Waals surface area contributed by atoms with E-state index >= 15 is 0 Å². The van der Waals surface area contributed by atoms with Gasteiger partial charge in [0.2, 0.25) is 11.8 Å². The van der Waals surface area contributed by atoms with Gasteiger partial charge in [0.05, 0.1) is 23.7 Å². The Hall–Kier alpha value is -2.20. The summed E-state index contributed by atoms with van der Waals surface area (Å²) in [5.74, 6) is -0.695. The van der Waals surface area contributed by atoms with E-state index in [4.69, 9.17) is 4.74 Å². The largest absolute Gasteiger partial charge is 0.375 e. The molecule has 0 saturated carbocycles. The minimum absolute atomic E-state index is 0. The molecule has 3 aliphatic heterocycles. The van der Waals surface area contributed by atoms with Gasteiger partial charge in [-0.1, -0.05) is 6.07 Å². The average molecular weight is 478 g/mol. The van der Waals surface area contributed by atoms with Crippen molar-refractivity contribution in [2.75, 3.05) is 32.8 Å². The second kappa shape index (κ2) is 9.97. The Morgan fingerprint density at radius 2 is 1.82 bits per heavy atom. The van der Waals surface area contributed by atoms with Crippen LogP contribution >= 0.6 is 12.4 Å². The molecule has 2 aromatic rings. The van der Waals surface area contributed by atoms with Crippen LogP contribution in [0.5, 0.6) is 0 Å². The predicted octanol–water partition coefficient (Wildman–Crippen LogP) is 0.735. The van der Waals surface area contributed by atoms with E-state index in [0.29, 0.717) is 30.7 Å². The van der Waals surface area contributed by atoms with Crippen molar-refractivity contribution in [1.29, 1.82) is 0 Å². The van der Waals surface area contributed by atoms with Crippen LogP contribution in [0, 0.1) is 0 Å². The SMILES string of the molecule is Cl.Cn1c(=O)n(C2CCC(=O)NC2=O)c2ccc(CCOC3CN(C4CCNCC4)C3)cc21. The quantitative estimate of drug-likeness (QED) is 0.595. The van der Waals surface area contributed by atoms with Crippen molar-refractivity contribution in [1.82, 2.24) is 24.7 Å². The highest BCUT2D eigenvalue weighted by atomic mass is 35.5. The van der Waals surface area contributed by atoms with E-state index in [1.54, 1.807) is 11.6 Å². The van der Waals surface area contributed by atoms with E-state index in [9.17, 15) is 14.4 Å². The summed E-state index contributed by atoms with van der Waals surface area (Å²) in [7, 11) is 1.72. The van der Waals surface area contributed by atoms with Crippen molar-refractivity contribution in [3.8, 4) is 0 Å². The number of aryl methyl sites for hydroxylation is 1. The highest BCUT2D eigenvalue weighted by Gasteiger charge is 2.33. The smallest absolute Gasteiger partial charge is 0.329 e. The summed E-state index contributed by atoms with van der Waals surface area (Å²) >= 11 is 0. The first kappa shape index (κ1) is 23.9. The number of fused-ring (bicyclic) bond motifs is 1. The first-order chi connectivity index (χ1) is 15.5. The van der Waals surface area contributed by atoms with Crippen LogP contribution in [0.3, 0.4) is 0 Å². The zero-order valence-corrected chi connectivity index (χ0v) is 19.7. The number of imide groups is 1. The van der Waals surface area contributed by atoms with Crippen LogP contribution in [0.2, 0.25) is 0 Å². The maximum Gasteiger partial charge on any atom is 0.329 e. The molecule has 1 aromatic heterocycles. The number of aromatic nitrogens is 2. The molecule has 33 heavy (non-hydrogen) atoms. The molecule has 10 heteroatoms. The summed E-state index contributed by atoms with van der Waals surface area (Å²) in [6.07, 6.45) is 4.12. The number of benzene rings is 1. The van der Waals surface area contributed by atoms with Crippen LogP contribution < -0.4 is 16.3 Å². The molecule has 3 aliphatic rings. The zero-order valence-electron chi connectivity index (χ0n) is 18.9. The van der Waals surface area contributed by atoms with Crippen LogP contribution in [0.25, 0.3) is 11.0 Å². The molecular formula is C23H32ClN5O4. The molecule has 1 aromatic carbocycles. The van der Waals surface area contributed by atoms with Gasteiger partial charge in [-0.3, -0.25) is 28.9 Å². The van der Waals surface area contributed by atoms with Crippen LogP contribution in [0.15, 0.2) is 23.0 Å². The number of halogens is 1. The highest BCUT2D eigenvalue weighted by molar-refractivity contribution is 6.00. The topological polar surface area (TPSA) is 97.6 Å². The number of hydrogen-bond donors (Lipinski definition) is 2. The number of amides is 2. The maximum absolute atomic E-state index is 12.9. The molecule has 0 spiro atoms. The molecule has 9 nitrogen and oxygen atoms in total. The number of nitrogens with zero attached hydrogens (tertiary/aromatic N) is 3. The third kappa shape index (κ3) is 4.73. The Morgan fingerprint density at radius 3 is 2.55 bits per heavy atom. The van der Waals surface area contributed by atoms with Gasteiger partial charge in [0, 0.05) is 32.6 Å². The number of likely N-dealkylation sites (tertiary alicyclic amines) is 1. The van der Waals surface area contributed by atoms with E-state index in [0.717, 1.165) is 43.7 Å². The maximum atomic E-state index is 12.9. The van der Waals surface area contributed by atoms with Gasteiger partial charge in [0.15, 0.2) is 0 Å². The third-order valence-corrected chi connectivity index (χ3v) is 7.12. The Labute approximate surface area is 198 Å². The van der Waals surface area contributed by atoms with Gasteiger partial charge in [-0.2, -0.15) is 0 Å². The summed E-state index contributed by atoms with van der Waals surface area (Å²) in [6, 6.07) is 5.95. The number of hydrogen-bond acceptors (Lipinski definition) is 6. The molecular weight excluding hydrogens is 446 g/mol. The van der Waals surface area contributed by atoms with E-state index in [1.165, 1.54) is 17.4 Å². The van der Waals surface area contributed by atoms with Gasteiger partial charge in [-0.15, -0.1) is 12.4 Å². The summed E-state index contributed by atoms with van der Waals surface area (Å²) < 4.78 is 9.17. The van der Waals surface area contributed by atoms with Crippen LogP contribution in [0.1, 0.15) is 37.3 Å². The van der Waals surface area contributed by atoms with E-state index in [-0.39, 0.29) is 30.4 Å². The Morgan fingerprint density at radius 1 is 1.06 bits per heavy atom. The summed E-state index contributed by atoms with van der Waals surface area (Å²) in [4.78, 5) is 39.2. The van der Waals surface area contributed by atoms with Crippen LogP contribution in [0.4, 0.5) is 0 Å². The molecule has 2 N–H and O–H groups in total. The minimum atomic E-state index is -0.653. The fraction of sp³-hybridized carbons (Fsp3) is 0.609. The number of carbonyl (C=O) groups excluding carboxylic acids is 2. The fourth-order valence-corrected chi connectivity index (χ4v) is 5.18. The number of ether oxygens (including phenoxy) is 1. The molecule has 0 bridgehead atoms. The van der Waals surface area contributed by atoms with Crippen molar-refractivity contribution >= 4 is 35.3 Å². The number of nitrogens with one attached hydrogen (secondary N) is 2. The molecule has 0 radical (unpaired) electrons. The first-order valence-corrected chi connectivity index (χ1v) is 11.6. The molecule has 2 amide bonds. The number of imidazole rings is 1. The average Bonchev–Trinajstić information content (AvgIpc) is 3.00. The second-order valence-electron chi connectivity index (χ2n) is 9.18. The van der Waals surface area contributed by atoms with E-state index in [2.05, 4.69) is 15.5 Å². The molecule has 1 unspecified atom stereocenters. The summed E-state index contributed by atoms with van der Waals surface area (Å²) in [6.45, 7) is 4.92. The molecule has 3 saturated heterocycles. The van der Waals surface area contributed by atoms with Gasteiger partial charge < -0.3 is 10.1 Å². The molecule has 3 fully saturated rings. The van der Waals surface area contributed by atoms with Gasteiger partial charge >= 0.3 is 5.69 Å². The lowest BCUT2D eigenvalue weighted by atomic mass is 10.00.